The van der Waals surface area contributed by atoms with Crippen LogP contribution in [-0.2, 0) is 4.74 Å². The summed E-state index contributed by atoms with van der Waals surface area (Å²) >= 11 is 0. The highest BCUT2D eigenvalue weighted by atomic mass is 16.5. The van der Waals surface area contributed by atoms with Gasteiger partial charge in [0.1, 0.15) is 0 Å². The predicted octanol–water partition coefficient (Wildman–Crippen LogP) is 0.938. The Kier molecular flexibility index (Phi) is 0.396. The van der Waals surface area contributed by atoms with Gasteiger partial charge in [-0.05, 0) is 19.3 Å². The second-order valence-electron chi connectivity index (χ2n) is 2.19. The summed E-state index contributed by atoms with van der Waals surface area (Å²) in [5.41, 5.74) is 0. The molecule has 3 aliphatic rings. The van der Waals surface area contributed by atoms with Crippen LogP contribution in [0.25, 0.3) is 0 Å². The fourth-order valence-electron chi connectivity index (χ4n) is 1.30. The normalized spacial score (nSPS) is 52.0. The van der Waals surface area contributed by atoms with Crippen molar-refractivity contribution < 1.29 is 4.74 Å². The van der Waals surface area contributed by atoms with Crippen molar-refractivity contribution >= 4 is 0 Å². The van der Waals surface area contributed by atoms with Gasteiger partial charge in [-0.1, -0.05) is 0 Å². The fourth-order valence-corrected chi connectivity index (χ4v) is 1.30. The zero-order valence-electron chi connectivity index (χ0n) is 3.68. The highest BCUT2D eigenvalue weighted by molar-refractivity contribution is 4.86. The molecule has 2 atom stereocenters. The SMILES string of the molecule is C1CC2CC1O2. The highest BCUT2D eigenvalue weighted by Crippen LogP contribution is 2.36. The van der Waals surface area contributed by atoms with Crippen LogP contribution in [-0.4, -0.2) is 12.2 Å². The van der Waals surface area contributed by atoms with Crippen molar-refractivity contribution in [3.8, 4) is 0 Å². The number of hydrogen-bond acceptors (Lipinski definition) is 1. The van der Waals surface area contributed by atoms with E-state index in [1.54, 1.807) is 0 Å². The van der Waals surface area contributed by atoms with Crippen LogP contribution in [0.5, 0.6) is 0 Å². The third-order valence-electron chi connectivity index (χ3n) is 1.72. The maximum absolute atomic E-state index is 5.25. The zero-order valence-corrected chi connectivity index (χ0v) is 3.68. The van der Waals surface area contributed by atoms with Gasteiger partial charge in [0.05, 0.1) is 12.2 Å². The van der Waals surface area contributed by atoms with Gasteiger partial charge in [-0.2, -0.15) is 0 Å². The van der Waals surface area contributed by atoms with E-state index in [1.165, 1.54) is 19.3 Å². The van der Waals surface area contributed by atoms with Gasteiger partial charge in [-0.15, -0.1) is 0 Å². The van der Waals surface area contributed by atoms with Gasteiger partial charge in [0, 0.05) is 0 Å². The summed E-state index contributed by atoms with van der Waals surface area (Å²) in [5.74, 6) is 0. The summed E-state index contributed by atoms with van der Waals surface area (Å²) in [5, 5.41) is 0. The number of fused-ring (bicyclic) bond motifs is 1. The smallest absolute Gasteiger partial charge is 0.0604 e. The van der Waals surface area contributed by atoms with Crippen LogP contribution < -0.4 is 0 Å². The van der Waals surface area contributed by atoms with Crippen molar-refractivity contribution in [1.82, 2.24) is 0 Å². The molecule has 3 rings (SSSR count). The Morgan fingerprint density at radius 3 is 1.83 bits per heavy atom. The molecule has 3 fully saturated rings. The van der Waals surface area contributed by atoms with E-state index in [0.717, 1.165) is 0 Å². The topological polar surface area (TPSA) is 9.23 Å². The molecule has 2 aliphatic heterocycles. The van der Waals surface area contributed by atoms with Gasteiger partial charge < -0.3 is 4.74 Å². The molecule has 0 radical (unpaired) electrons. The Balaban J connectivity index is 2.16. The van der Waals surface area contributed by atoms with Gasteiger partial charge >= 0.3 is 0 Å². The van der Waals surface area contributed by atoms with Crippen molar-refractivity contribution in [1.29, 1.82) is 0 Å². The molecule has 34 valence electrons. The van der Waals surface area contributed by atoms with E-state index in [4.69, 9.17) is 4.74 Å². The maximum Gasteiger partial charge on any atom is 0.0604 e. The average molecular weight is 84.1 g/mol. The lowest BCUT2D eigenvalue weighted by Crippen LogP contribution is -2.25. The Morgan fingerprint density at radius 1 is 1.17 bits per heavy atom. The van der Waals surface area contributed by atoms with Gasteiger partial charge in [0.2, 0.25) is 0 Å². The minimum absolute atomic E-state index is 0.690. The molecule has 1 heteroatoms. The lowest BCUT2D eigenvalue weighted by Gasteiger charge is -2.23. The largest absolute Gasteiger partial charge is 0.375 e. The summed E-state index contributed by atoms with van der Waals surface area (Å²) in [4.78, 5) is 0. The summed E-state index contributed by atoms with van der Waals surface area (Å²) in [7, 11) is 0. The molecule has 0 aromatic heterocycles. The zero-order chi connectivity index (χ0) is 3.98. The van der Waals surface area contributed by atoms with Crippen LogP contribution in [0.2, 0.25) is 0 Å². The molecule has 2 heterocycles. The van der Waals surface area contributed by atoms with E-state index < -0.39 is 0 Å². The molecule has 2 bridgehead atoms. The van der Waals surface area contributed by atoms with E-state index in [1.807, 2.05) is 0 Å². The summed E-state index contributed by atoms with van der Waals surface area (Å²) in [6.45, 7) is 0. The van der Waals surface area contributed by atoms with Gasteiger partial charge in [-0.3, -0.25) is 0 Å². The summed E-state index contributed by atoms with van der Waals surface area (Å²) in [6, 6.07) is 0. The van der Waals surface area contributed by atoms with Crippen LogP contribution in [0, 0.1) is 0 Å². The standard InChI is InChI=1S/C5H8O/c1-2-5-3-4(1)6-5/h4-5H,1-3H2. The van der Waals surface area contributed by atoms with Crippen LogP contribution in [0.1, 0.15) is 19.3 Å². The third-order valence-corrected chi connectivity index (χ3v) is 1.72. The van der Waals surface area contributed by atoms with Crippen molar-refractivity contribution in [3.05, 3.63) is 0 Å². The predicted molar refractivity (Wildman–Crippen MR) is 22.5 cm³/mol. The van der Waals surface area contributed by atoms with Crippen molar-refractivity contribution in [2.24, 2.45) is 0 Å². The minimum atomic E-state index is 0.690. The van der Waals surface area contributed by atoms with Gasteiger partial charge in [0.25, 0.3) is 0 Å². The lowest BCUT2D eigenvalue weighted by molar-refractivity contribution is -0.0647. The first kappa shape index (κ1) is 3.03. The van der Waals surface area contributed by atoms with E-state index in [9.17, 15) is 0 Å². The summed E-state index contributed by atoms with van der Waals surface area (Å²) < 4.78 is 5.25. The molecule has 0 aromatic rings. The maximum atomic E-state index is 5.25. The number of rotatable bonds is 0. The first-order chi connectivity index (χ1) is 2.95. The van der Waals surface area contributed by atoms with E-state index >= 15 is 0 Å². The first-order valence-electron chi connectivity index (χ1n) is 2.60. The third kappa shape index (κ3) is 0.207. The Hall–Kier alpha value is -0.0400. The van der Waals surface area contributed by atoms with E-state index in [2.05, 4.69) is 0 Å². The Bertz CT molecular complexity index is 50.8. The summed E-state index contributed by atoms with van der Waals surface area (Å²) in [6.07, 6.45) is 5.42. The Morgan fingerprint density at radius 2 is 1.67 bits per heavy atom. The van der Waals surface area contributed by atoms with Crippen molar-refractivity contribution in [2.75, 3.05) is 0 Å². The molecule has 2 unspecified atom stereocenters. The monoisotopic (exact) mass is 84.1 g/mol. The highest BCUT2D eigenvalue weighted by Gasteiger charge is 2.36. The van der Waals surface area contributed by atoms with Crippen molar-refractivity contribution in [2.45, 2.75) is 31.5 Å². The molecular weight excluding hydrogens is 76.1 g/mol. The molecule has 1 aliphatic carbocycles. The minimum Gasteiger partial charge on any atom is -0.375 e. The molecule has 0 aromatic carbocycles. The van der Waals surface area contributed by atoms with Crippen molar-refractivity contribution in [3.63, 3.8) is 0 Å². The molecule has 1 nitrogen and oxygen atoms in total. The Labute approximate surface area is 37.3 Å². The molecule has 0 amide bonds. The first-order valence-corrected chi connectivity index (χ1v) is 2.60. The van der Waals surface area contributed by atoms with Gasteiger partial charge in [0.15, 0.2) is 0 Å². The van der Waals surface area contributed by atoms with Crippen LogP contribution in [0.3, 0.4) is 0 Å². The second kappa shape index (κ2) is 0.784. The molecule has 0 N–H and O–H groups in total. The van der Waals surface area contributed by atoms with Gasteiger partial charge in [-0.25, -0.2) is 0 Å². The van der Waals surface area contributed by atoms with E-state index in [0.29, 0.717) is 12.2 Å². The van der Waals surface area contributed by atoms with Crippen LogP contribution >= 0.6 is 0 Å². The van der Waals surface area contributed by atoms with Crippen LogP contribution in [0.4, 0.5) is 0 Å². The average Bonchev–Trinajstić information content (AvgIpc) is 1.72. The fraction of sp³-hybridized carbons (Fsp3) is 1.00. The molecule has 0 spiro atoms. The number of ether oxygens (including phenoxy) is 1. The number of hydrogen-bond donors (Lipinski definition) is 0. The van der Waals surface area contributed by atoms with E-state index in [-0.39, 0.29) is 0 Å². The molecule has 6 heavy (non-hydrogen) atoms. The lowest BCUT2D eigenvalue weighted by atomic mass is 10.2. The molecule has 1 saturated carbocycles. The quantitative estimate of drug-likeness (QED) is 0.424. The molecule has 2 saturated heterocycles. The van der Waals surface area contributed by atoms with Crippen LogP contribution in [0.15, 0.2) is 0 Å². The second-order valence-corrected chi connectivity index (χ2v) is 2.19. The molecular formula is C5H8O.